The molecule has 0 saturated carbocycles. The van der Waals surface area contributed by atoms with Crippen molar-refractivity contribution < 1.29 is 22.1 Å². The van der Waals surface area contributed by atoms with Crippen LogP contribution in [0.1, 0.15) is 17.3 Å². The van der Waals surface area contributed by atoms with E-state index in [0.29, 0.717) is 10.2 Å². The molecule has 0 aliphatic carbocycles. The summed E-state index contributed by atoms with van der Waals surface area (Å²) in [6.45, 7) is 1.32. The summed E-state index contributed by atoms with van der Waals surface area (Å²) in [6.07, 6.45) is 0. The number of hydrogen-bond donors (Lipinski definition) is 0. The lowest BCUT2D eigenvalue weighted by Crippen LogP contribution is -2.12. The van der Waals surface area contributed by atoms with E-state index in [1.54, 1.807) is 6.07 Å². The first-order valence-corrected chi connectivity index (χ1v) is 8.91. The van der Waals surface area contributed by atoms with Gasteiger partial charge in [0.25, 0.3) is 0 Å². The van der Waals surface area contributed by atoms with Crippen LogP contribution < -0.4 is 8.92 Å². The lowest BCUT2D eigenvalue weighted by molar-refractivity contribution is 0.101. The number of carbonyl (C=O) groups is 1. The van der Waals surface area contributed by atoms with Crippen molar-refractivity contribution in [1.82, 2.24) is 0 Å². The molecule has 0 saturated heterocycles. The van der Waals surface area contributed by atoms with Crippen molar-refractivity contribution in [2.75, 3.05) is 7.11 Å². The van der Waals surface area contributed by atoms with Gasteiger partial charge >= 0.3 is 10.1 Å². The molecule has 0 unspecified atom stereocenters. The average molecular weight is 420 g/mol. The zero-order valence-corrected chi connectivity index (χ0v) is 15.3. The van der Waals surface area contributed by atoms with Gasteiger partial charge in [0.2, 0.25) is 0 Å². The van der Waals surface area contributed by atoms with Crippen LogP contribution in [0.5, 0.6) is 11.5 Å². The van der Waals surface area contributed by atoms with Gasteiger partial charge in [-0.2, -0.15) is 8.42 Å². The summed E-state index contributed by atoms with van der Waals surface area (Å²) in [5, 5.41) is -0.00714. The Balaban J connectivity index is 2.49. The third-order valence-electron chi connectivity index (χ3n) is 2.93. The van der Waals surface area contributed by atoms with Gasteiger partial charge in [0, 0.05) is 10.5 Å². The third-order valence-corrected chi connectivity index (χ3v) is 5.14. The Morgan fingerprint density at radius 2 is 1.87 bits per heavy atom. The van der Waals surface area contributed by atoms with E-state index in [0.717, 1.165) is 0 Å². The van der Waals surface area contributed by atoms with Crippen molar-refractivity contribution in [2.45, 2.75) is 11.8 Å². The van der Waals surface area contributed by atoms with Crippen molar-refractivity contribution in [3.05, 3.63) is 51.5 Å². The van der Waals surface area contributed by atoms with Crippen molar-refractivity contribution in [1.29, 1.82) is 0 Å². The molecule has 23 heavy (non-hydrogen) atoms. The summed E-state index contributed by atoms with van der Waals surface area (Å²) in [6, 6.07) is 8.63. The van der Waals surface area contributed by atoms with Crippen molar-refractivity contribution >= 4 is 43.4 Å². The molecule has 0 N–H and O–H groups in total. The van der Waals surface area contributed by atoms with Crippen LogP contribution in [-0.2, 0) is 10.1 Å². The first kappa shape index (κ1) is 17.8. The zero-order valence-electron chi connectivity index (χ0n) is 12.2. The molecular weight excluding hydrogens is 408 g/mol. The second kappa shape index (κ2) is 6.90. The highest BCUT2D eigenvalue weighted by Gasteiger charge is 2.23. The Morgan fingerprint density at radius 3 is 2.48 bits per heavy atom. The van der Waals surface area contributed by atoms with Gasteiger partial charge in [-0.3, -0.25) is 4.79 Å². The predicted molar refractivity (Wildman–Crippen MR) is 90.0 cm³/mol. The molecular formula is C15H12BrClO5S. The predicted octanol–water partition coefficient (Wildman–Crippen LogP) is 4.08. The van der Waals surface area contributed by atoms with E-state index in [1.165, 1.54) is 44.4 Å². The van der Waals surface area contributed by atoms with Crippen LogP contribution in [-0.4, -0.2) is 21.3 Å². The number of hydrogen-bond acceptors (Lipinski definition) is 5. The van der Waals surface area contributed by atoms with Gasteiger partial charge in [-0.05, 0) is 37.3 Å². The van der Waals surface area contributed by atoms with E-state index in [2.05, 4.69) is 15.9 Å². The number of rotatable bonds is 5. The fraction of sp³-hybridized carbons (Fsp3) is 0.133. The van der Waals surface area contributed by atoms with Gasteiger partial charge in [0.05, 0.1) is 17.7 Å². The molecule has 0 atom stereocenters. The molecule has 0 fully saturated rings. The minimum Gasteiger partial charge on any atom is -0.497 e. The topological polar surface area (TPSA) is 69.7 Å². The van der Waals surface area contributed by atoms with Gasteiger partial charge in [0.1, 0.15) is 10.6 Å². The summed E-state index contributed by atoms with van der Waals surface area (Å²) < 4.78 is 35.7. The quantitative estimate of drug-likeness (QED) is 0.539. The van der Waals surface area contributed by atoms with E-state index in [-0.39, 0.29) is 27.0 Å². The summed E-state index contributed by atoms with van der Waals surface area (Å²) in [4.78, 5) is 11.4. The minimum atomic E-state index is -4.22. The number of ketones is 1. The van der Waals surface area contributed by atoms with E-state index >= 15 is 0 Å². The number of methoxy groups -OCH3 is 1. The molecule has 0 radical (unpaired) electrons. The standard InChI is InChI=1S/C15H12BrClO5S/c1-9(18)12-7-10(16)3-6-14(12)22-23(19,20)15-8-11(21-2)4-5-13(15)17/h3-8H,1-2H3. The Morgan fingerprint density at radius 1 is 1.17 bits per heavy atom. The molecule has 2 aromatic carbocycles. The molecule has 0 heterocycles. The lowest BCUT2D eigenvalue weighted by atomic mass is 10.1. The fourth-order valence-corrected chi connectivity index (χ4v) is 3.62. The van der Waals surface area contributed by atoms with Crippen LogP contribution in [0, 0.1) is 0 Å². The molecule has 5 nitrogen and oxygen atoms in total. The van der Waals surface area contributed by atoms with Crippen LogP contribution in [0.3, 0.4) is 0 Å². The summed E-state index contributed by atoms with van der Waals surface area (Å²) in [7, 11) is -2.82. The number of halogens is 2. The number of Topliss-reactive ketones (excluding diaryl/α,β-unsaturated/α-hetero) is 1. The van der Waals surface area contributed by atoms with Gasteiger partial charge in [-0.1, -0.05) is 27.5 Å². The fourth-order valence-electron chi connectivity index (χ4n) is 1.82. The van der Waals surface area contributed by atoms with Crippen molar-refractivity contribution in [3.63, 3.8) is 0 Å². The van der Waals surface area contributed by atoms with Gasteiger partial charge in [-0.25, -0.2) is 0 Å². The van der Waals surface area contributed by atoms with Crippen molar-refractivity contribution in [2.24, 2.45) is 0 Å². The summed E-state index contributed by atoms with van der Waals surface area (Å²) in [5.74, 6) is -0.0769. The molecule has 122 valence electrons. The van der Waals surface area contributed by atoms with Crippen molar-refractivity contribution in [3.8, 4) is 11.5 Å². The Hall–Kier alpha value is -1.57. The van der Waals surface area contributed by atoms with E-state index in [4.69, 9.17) is 20.5 Å². The molecule has 0 aromatic heterocycles. The van der Waals surface area contributed by atoms with Crippen LogP contribution in [0.25, 0.3) is 0 Å². The molecule has 0 aliphatic rings. The maximum Gasteiger partial charge on any atom is 0.340 e. The maximum atomic E-state index is 12.5. The van der Waals surface area contributed by atoms with Gasteiger partial charge in [0.15, 0.2) is 11.5 Å². The second-order valence-corrected chi connectivity index (χ2v) is 7.37. The number of carbonyl (C=O) groups excluding carboxylic acids is 1. The largest absolute Gasteiger partial charge is 0.497 e. The highest BCUT2D eigenvalue weighted by Crippen LogP contribution is 2.31. The monoisotopic (exact) mass is 418 g/mol. The molecule has 0 amide bonds. The SMILES string of the molecule is COc1ccc(Cl)c(S(=O)(=O)Oc2ccc(Br)cc2C(C)=O)c1. The normalized spacial score (nSPS) is 11.1. The smallest absolute Gasteiger partial charge is 0.340 e. The molecule has 2 rings (SSSR count). The van der Waals surface area contributed by atoms with E-state index < -0.39 is 10.1 Å². The zero-order chi connectivity index (χ0) is 17.2. The Bertz CT molecular complexity index is 864. The Kier molecular flexibility index (Phi) is 5.33. The number of ether oxygens (including phenoxy) is 1. The second-order valence-electron chi connectivity index (χ2n) is 4.53. The summed E-state index contributed by atoms with van der Waals surface area (Å²) >= 11 is 9.17. The van der Waals surface area contributed by atoms with Crippen LogP contribution >= 0.6 is 27.5 Å². The maximum absolute atomic E-state index is 12.5. The molecule has 0 aliphatic heterocycles. The van der Waals surface area contributed by atoms with E-state index in [1.807, 2.05) is 0 Å². The Labute approximate surface area is 147 Å². The van der Waals surface area contributed by atoms with Gasteiger partial charge < -0.3 is 8.92 Å². The minimum absolute atomic E-state index is 0.00714. The summed E-state index contributed by atoms with van der Waals surface area (Å²) in [5.41, 5.74) is 0.141. The number of benzene rings is 2. The first-order chi connectivity index (χ1) is 10.7. The van der Waals surface area contributed by atoms with Gasteiger partial charge in [-0.15, -0.1) is 0 Å². The highest BCUT2D eigenvalue weighted by atomic mass is 79.9. The highest BCUT2D eigenvalue weighted by molar-refractivity contribution is 9.10. The van der Waals surface area contributed by atoms with Crippen LogP contribution in [0.15, 0.2) is 45.8 Å². The van der Waals surface area contributed by atoms with E-state index in [9.17, 15) is 13.2 Å². The molecule has 0 spiro atoms. The average Bonchev–Trinajstić information content (AvgIpc) is 2.49. The van der Waals surface area contributed by atoms with Crippen LogP contribution in [0.2, 0.25) is 5.02 Å². The molecule has 0 bridgehead atoms. The third kappa shape index (κ3) is 4.04. The first-order valence-electron chi connectivity index (χ1n) is 6.33. The lowest BCUT2D eigenvalue weighted by Gasteiger charge is -2.12. The molecule has 8 heteroatoms. The van der Waals surface area contributed by atoms with Crippen LogP contribution in [0.4, 0.5) is 0 Å². The molecule has 2 aromatic rings.